The molecule has 0 aromatic heterocycles. The van der Waals surface area contributed by atoms with Crippen molar-refractivity contribution in [2.24, 2.45) is 5.73 Å². The van der Waals surface area contributed by atoms with Gasteiger partial charge in [0, 0.05) is 12.2 Å². The van der Waals surface area contributed by atoms with Crippen molar-refractivity contribution in [3.05, 3.63) is 29.3 Å². The molecule has 0 saturated carbocycles. The van der Waals surface area contributed by atoms with Gasteiger partial charge in [-0.25, -0.2) is 0 Å². The quantitative estimate of drug-likeness (QED) is 0.643. The molecule has 1 aromatic carbocycles. The maximum absolute atomic E-state index is 12.7. The first-order valence-electron chi connectivity index (χ1n) is 6.22. The molecule has 20 heavy (non-hydrogen) atoms. The molecule has 1 aromatic rings. The molecule has 0 saturated heterocycles. The van der Waals surface area contributed by atoms with Gasteiger partial charge in [0.25, 0.3) is 0 Å². The Hall–Kier alpha value is -1.31. The van der Waals surface area contributed by atoms with Crippen LogP contribution >= 0.6 is 0 Å². The van der Waals surface area contributed by atoms with Gasteiger partial charge in [-0.05, 0) is 30.2 Å². The Bertz CT molecular complexity index is 437. The largest absolute Gasteiger partial charge is 0.416 e. The summed E-state index contributed by atoms with van der Waals surface area (Å²) in [5.41, 5.74) is 3.95. The molecule has 0 fully saturated rings. The molecule has 0 bridgehead atoms. The molecular weight excluding hydrogens is 273 g/mol. The van der Waals surface area contributed by atoms with E-state index in [1.165, 1.54) is 12.1 Å². The second kappa shape index (κ2) is 6.43. The molecule has 0 spiro atoms. The molecule has 0 aliphatic heterocycles. The highest BCUT2D eigenvalue weighted by Crippen LogP contribution is 2.33. The molecule has 0 amide bonds. The average molecular weight is 292 g/mol. The fourth-order valence-electron chi connectivity index (χ4n) is 1.86. The van der Waals surface area contributed by atoms with Gasteiger partial charge in [0.15, 0.2) is 0 Å². The minimum absolute atomic E-state index is 0.0385. The standard InChI is InChI=1S/C13H19F3N2O2/c1-2-12(7-19,8-20)18-10-3-4-11(13(14,15)16)9(5-10)6-17/h3-5,18-20H,2,6-8,17H2,1H3. The van der Waals surface area contributed by atoms with Crippen molar-refractivity contribution in [1.29, 1.82) is 0 Å². The highest BCUT2D eigenvalue weighted by atomic mass is 19.4. The number of benzene rings is 1. The van der Waals surface area contributed by atoms with Crippen LogP contribution in [0.15, 0.2) is 18.2 Å². The third-order valence-electron chi connectivity index (χ3n) is 3.32. The molecule has 1 rings (SSSR count). The lowest BCUT2D eigenvalue weighted by atomic mass is 9.97. The highest BCUT2D eigenvalue weighted by Gasteiger charge is 2.33. The molecule has 0 heterocycles. The predicted molar refractivity (Wildman–Crippen MR) is 70.2 cm³/mol. The Morgan fingerprint density at radius 3 is 2.20 bits per heavy atom. The molecule has 114 valence electrons. The van der Waals surface area contributed by atoms with Crippen molar-refractivity contribution in [3.63, 3.8) is 0 Å². The number of rotatable bonds is 6. The van der Waals surface area contributed by atoms with Crippen molar-refractivity contribution in [2.75, 3.05) is 18.5 Å². The van der Waals surface area contributed by atoms with E-state index >= 15 is 0 Å². The smallest absolute Gasteiger partial charge is 0.394 e. The minimum Gasteiger partial charge on any atom is -0.394 e. The van der Waals surface area contributed by atoms with Gasteiger partial charge in [0.05, 0.1) is 24.3 Å². The molecule has 5 N–H and O–H groups in total. The second-order valence-electron chi connectivity index (χ2n) is 4.65. The normalized spacial score (nSPS) is 12.6. The molecule has 7 heteroatoms. The van der Waals surface area contributed by atoms with Crippen molar-refractivity contribution >= 4 is 5.69 Å². The van der Waals surface area contributed by atoms with Gasteiger partial charge in [-0.1, -0.05) is 6.92 Å². The van der Waals surface area contributed by atoms with E-state index in [1.54, 1.807) is 6.92 Å². The minimum atomic E-state index is -4.46. The van der Waals surface area contributed by atoms with Gasteiger partial charge < -0.3 is 21.3 Å². The van der Waals surface area contributed by atoms with Gasteiger partial charge in [-0.15, -0.1) is 0 Å². The maximum atomic E-state index is 12.7. The van der Waals surface area contributed by atoms with Gasteiger partial charge in [0.2, 0.25) is 0 Å². The topological polar surface area (TPSA) is 78.5 Å². The Morgan fingerprint density at radius 2 is 1.80 bits per heavy atom. The van der Waals surface area contributed by atoms with Crippen LogP contribution in [0.2, 0.25) is 0 Å². The zero-order valence-corrected chi connectivity index (χ0v) is 11.2. The molecule has 0 radical (unpaired) electrons. The lowest BCUT2D eigenvalue weighted by Crippen LogP contribution is -2.45. The summed E-state index contributed by atoms with van der Waals surface area (Å²) in [4.78, 5) is 0. The van der Waals surface area contributed by atoms with E-state index in [0.29, 0.717) is 12.1 Å². The number of aliphatic hydroxyl groups excluding tert-OH is 2. The van der Waals surface area contributed by atoms with Crippen molar-refractivity contribution < 1.29 is 23.4 Å². The van der Waals surface area contributed by atoms with Crippen LogP contribution in [0, 0.1) is 0 Å². The van der Waals surface area contributed by atoms with Crippen molar-refractivity contribution in [2.45, 2.75) is 31.6 Å². The lowest BCUT2D eigenvalue weighted by Gasteiger charge is -2.31. The number of halogens is 3. The number of hydrogen-bond donors (Lipinski definition) is 4. The summed E-state index contributed by atoms with van der Waals surface area (Å²) >= 11 is 0. The number of hydrogen-bond acceptors (Lipinski definition) is 4. The van der Waals surface area contributed by atoms with Crippen molar-refractivity contribution in [3.8, 4) is 0 Å². The van der Waals surface area contributed by atoms with E-state index in [4.69, 9.17) is 5.73 Å². The average Bonchev–Trinajstić information content (AvgIpc) is 2.43. The summed E-state index contributed by atoms with van der Waals surface area (Å²) < 4.78 is 38.2. The maximum Gasteiger partial charge on any atom is 0.416 e. The molecule has 0 aliphatic carbocycles. The first-order valence-corrected chi connectivity index (χ1v) is 6.22. The Kier molecular flexibility index (Phi) is 5.38. The second-order valence-corrected chi connectivity index (χ2v) is 4.65. The van der Waals surface area contributed by atoms with Crippen LogP contribution in [0.5, 0.6) is 0 Å². The third kappa shape index (κ3) is 3.62. The van der Waals surface area contributed by atoms with Crippen LogP contribution in [0.1, 0.15) is 24.5 Å². The molecule has 0 unspecified atom stereocenters. The van der Waals surface area contributed by atoms with Crippen LogP contribution in [0.3, 0.4) is 0 Å². The SMILES string of the molecule is CCC(CO)(CO)Nc1ccc(C(F)(F)F)c(CN)c1. The lowest BCUT2D eigenvalue weighted by molar-refractivity contribution is -0.138. The summed E-state index contributed by atoms with van der Waals surface area (Å²) in [6.45, 7) is 0.840. The molecular formula is C13H19F3N2O2. The fourth-order valence-corrected chi connectivity index (χ4v) is 1.86. The summed E-state index contributed by atoms with van der Waals surface area (Å²) in [6, 6.07) is 3.50. The Morgan fingerprint density at radius 1 is 1.20 bits per heavy atom. The van der Waals surface area contributed by atoms with E-state index in [1.807, 2.05) is 0 Å². The first-order chi connectivity index (χ1) is 9.31. The summed E-state index contributed by atoms with van der Waals surface area (Å²) in [5.74, 6) is 0. The number of nitrogens with one attached hydrogen (secondary N) is 1. The number of anilines is 1. The monoisotopic (exact) mass is 292 g/mol. The number of nitrogens with two attached hydrogens (primary N) is 1. The van der Waals surface area contributed by atoms with E-state index in [9.17, 15) is 23.4 Å². The molecule has 4 nitrogen and oxygen atoms in total. The fraction of sp³-hybridized carbons (Fsp3) is 0.538. The van der Waals surface area contributed by atoms with Gasteiger partial charge >= 0.3 is 6.18 Å². The van der Waals surface area contributed by atoms with E-state index in [-0.39, 0.29) is 25.3 Å². The zero-order chi connectivity index (χ0) is 15.4. The van der Waals surface area contributed by atoms with Gasteiger partial charge in [0.1, 0.15) is 0 Å². The summed E-state index contributed by atoms with van der Waals surface area (Å²) in [6.07, 6.45) is -4.04. The Balaban J connectivity index is 3.11. The van der Waals surface area contributed by atoms with E-state index in [0.717, 1.165) is 6.07 Å². The highest BCUT2D eigenvalue weighted by molar-refractivity contribution is 5.51. The van der Waals surface area contributed by atoms with Crippen LogP contribution in [-0.2, 0) is 12.7 Å². The first kappa shape index (κ1) is 16.7. The van der Waals surface area contributed by atoms with Gasteiger partial charge in [-0.2, -0.15) is 13.2 Å². The van der Waals surface area contributed by atoms with Crippen molar-refractivity contribution in [1.82, 2.24) is 0 Å². The van der Waals surface area contributed by atoms with E-state index in [2.05, 4.69) is 5.32 Å². The van der Waals surface area contributed by atoms with Crippen LogP contribution < -0.4 is 11.1 Å². The summed E-state index contributed by atoms with van der Waals surface area (Å²) in [7, 11) is 0. The van der Waals surface area contributed by atoms with Crippen LogP contribution in [0.25, 0.3) is 0 Å². The van der Waals surface area contributed by atoms with Crippen LogP contribution in [0.4, 0.5) is 18.9 Å². The van der Waals surface area contributed by atoms with Crippen LogP contribution in [-0.4, -0.2) is 29.0 Å². The Labute approximate surface area is 115 Å². The number of aliphatic hydroxyl groups is 2. The zero-order valence-electron chi connectivity index (χ0n) is 11.2. The molecule has 0 aliphatic rings. The van der Waals surface area contributed by atoms with Gasteiger partial charge in [-0.3, -0.25) is 0 Å². The third-order valence-corrected chi connectivity index (χ3v) is 3.32. The summed E-state index contributed by atoms with van der Waals surface area (Å²) in [5, 5.41) is 21.5. The predicted octanol–water partition coefficient (Wildman–Crippen LogP) is 1.71. The number of alkyl halides is 3. The molecule has 0 atom stereocenters. The van der Waals surface area contributed by atoms with E-state index < -0.39 is 17.3 Å².